The number of rotatable bonds is 6. The van der Waals surface area contributed by atoms with E-state index in [1.165, 1.54) is 12.8 Å². The molecule has 0 aromatic carbocycles. The van der Waals surface area contributed by atoms with E-state index in [0.717, 1.165) is 31.0 Å². The van der Waals surface area contributed by atoms with Gasteiger partial charge in [0.25, 0.3) is 5.91 Å². The number of hydrogen-bond donors (Lipinski definition) is 2. The smallest absolute Gasteiger partial charge is 0.254 e. The molecule has 5 heteroatoms. The molecule has 118 valence electrons. The first-order valence-corrected chi connectivity index (χ1v) is 8.11. The summed E-state index contributed by atoms with van der Waals surface area (Å²) in [5.41, 5.74) is 7.15. The van der Waals surface area contributed by atoms with E-state index in [4.69, 9.17) is 5.73 Å². The minimum absolute atomic E-state index is 0.0140. The van der Waals surface area contributed by atoms with E-state index in [9.17, 15) is 4.79 Å². The van der Waals surface area contributed by atoms with E-state index in [1.807, 2.05) is 11.6 Å². The van der Waals surface area contributed by atoms with E-state index < -0.39 is 0 Å². The molecular formula is C16H28N4O. The Hall–Kier alpha value is -1.36. The predicted octanol–water partition coefficient (Wildman–Crippen LogP) is 2.09. The van der Waals surface area contributed by atoms with Crippen LogP contribution in [0.2, 0.25) is 0 Å². The largest absolute Gasteiger partial charge is 0.349 e. The molecule has 2 rings (SSSR count). The third kappa shape index (κ3) is 3.46. The second kappa shape index (κ2) is 7.07. The molecule has 0 radical (unpaired) electrons. The Kier molecular flexibility index (Phi) is 5.39. The Morgan fingerprint density at radius 1 is 1.52 bits per heavy atom. The predicted molar refractivity (Wildman–Crippen MR) is 84.1 cm³/mol. The fraction of sp³-hybridized carbons (Fsp3) is 0.750. The fourth-order valence-corrected chi connectivity index (χ4v) is 3.41. The molecule has 1 aliphatic rings. The van der Waals surface area contributed by atoms with Crippen LogP contribution in [0.1, 0.15) is 55.6 Å². The number of nitrogens with one attached hydrogen (secondary N) is 1. The van der Waals surface area contributed by atoms with Gasteiger partial charge in [-0.1, -0.05) is 20.3 Å². The first kappa shape index (κ1) is 16.0. The third-order valence-electron chi connectivity index (χ3n) is 4.99. The van der Waals surface area contributed by atoms with Crippen molar-refractivity contribution in [3.8, 4) is 0 Å². The fourth-order valence-electron chi connectivity index (χ4n) is 3.41. The molecule has 1 saturated carbocycles. The quantitative estimate of drug-likeness (QED) is 0.843. The molecule has 1 heterocycles. The van der Waals surface area contributed by atoms with Crippen LogP contribution in [0, 0.1) is 18.8 Å². The van der Waals surface area contributed by atoms with Gasteiger partial charge in [0, 0.05) is 18.3 Å². The van der Waals surface area contributed by atoms with Gasteiger partial charge in [-0.15, -0.1) is 0 Å². The molecular weight excluding hydrogens is 264 g/mol. The molecule has 1 aliphatic carbocycles. The summed E-state index contributed by atoms with van der Waals surface area (Å²) in [6.07, 6.45) is 6.06. The number of aromatic nitrogens is 2. The molecule has 5 nitrogen and oxygen atoms in total. The first-order valence-electron chi connectivity index (χ1n) is 8.11. The maximum Gasteiger partial charge on any atom is 0.254 e. The van der Waals surface area contributed by atoms with E-state index in [0.29, 0.717) is 24.1 Å². The Bertz CT molecular complexity index is 483. The number of aryl methyl sites for hydroxylation is 1. The molecule has 1 aromatic rings. The molecule has 0 bridgehead atoms. The summed E-state index contributed by atoms with van der Waals surface area (Å²) in [7, 11) is 0. The standard InChI is InChI=1S/C16H28N4O/c1-4-13-6-7-15(11(13)2)19-16(21)14-10-18-20(12(14)3)9-5-8-17/h10-11,13,15H,4-9,17H2,1-3H3,(H,19,21). The van der Waals surface area contributed by atoms with Gasteiger partial charge in [-0.2, -0.15) is 5.10 Å². The molecule has 1 amide bonds. The topological polar surface area (TPSA) is 72.9 Å². The summed E-state index contributed by atoms with van der Waals surface area (Å²) >= 11 is 0. The second-order valence-corrected chi connectivity index (χ2v) is 6.19. The zero-order valence-electron chi connectivity index (χ0n) is 13.4. The monoisotopic (exact) mass is 292 g/mol. The number of carbonyl (C=O) groups is 1. The van der Waals surface area contributed by atoms with Crippen LogP contribution < -0.4 is 11.1 Å². The van der Waals surface area contributed by atoms with Gasteiger partial charge < -0.3 is 11.1 Å². The molecule has 0 aliphatic heterocycles. The van der Waals surface area contributed by atoms with Gasteiger partial charge in [-0.3, -0.25) is 9.48 Å². The van der Waals surface area contributed by atoms with Gasteiger partial charge in [0.05, 0.1) is 11.8 Å². The summed E-state index contributed by atoms with van der Waals surface area (Å²) in [6.45, 7) is 7.85. The highest BCUT2D eigenvalue weighted by Crippen LogP contribution is 2.34. The van der Waals surface area contributed by atoms with Crippen molar-refractivity contribution in [2.45, 2.75) is 59.0 Å². The van der Waals surface area contributed by atoms with Crippen LogP contribution in [-0.2, 0) is 6.54 Å². The highest BCUT2D eigenvalue weighted by atomic mass is 16.1. The van der Waals surface area contributed by atoms with Crippen LogP contribution >= 0.6 is 0 Å². The zero-order valence-corrected chi connectivity index (χ0v) is 13.4. The van der Waals surface area contributed by atoms with Gasteiger partial charge in [0.15, 0.2) is 0 Å². The second-order valence-electron chi connectivity index (χ2n) is 6.19. The van der Waals surface area contributed by atoms with E-state index in [-0.39, 0.29) is 5.91 Å². The summed E-state index contributed by atoms with van der Waals surface area (Å²) < 4.78 is 1.87. The summed E-state index contributed by atoms with van der Waals surface area (Å²) in [5.74, 6) is 1.32. The molecule has 3 N–H and O–H groups in total. The number of carbonyl (C=O) groups excluding carboxylic acids is 1. The summed E-state index contributed by atoms with van der Waals surface area (Å²) in [5, 5.41) is 7.50. The van der Waals surface area contributed by atoms with Gasteiger partial charge in [0.1, 0.15) is 0 Å². The Morgan fingerprint density at radius 3 is 2.90 bits per heavy atom. The van der Waals surface area contributed by atoms with Crippen molar-refractivity contribution in [1.29, 1.82) is 0 Å². The highest BCUT2D eigenvalue weighted by molar-refractivity contribution is 5.95. The summed E-state index contributed by atoms with van der Waals surface area (Å²) in [4.78, 5) is 12.5. The van der Waals surface area contributed by atoms with Crippen LogP contribution in [0.4, 0.5) is 0 Å². The number of amides is 1. The number of hydrogen-bond acceptors (Lipinski definition) is 3. The van der Waals surface area contributed by atoms with Crippen LogP contribution in [0.25, 0.3) is 0 Å². The third-order valence-corrected chi connectivity index (χ3v) is 4.99. The molecule has 0 spiro atoms. The molecule has 3 unspecified atom stereocenters. The minimum atomic E-state index is 0.0140. The molecule has 21 heavy (non-hydrogen) atoms. The lowest BCUT2D eigenvalue weighted by atomic mass is 9.93. The lowest BCUT2D eigenvalue weighted by Crippen LogP contribution is -2.37. The highest BCUT2D eigenvalue weighted by Gasteiger charge is 2.33. The van der Waals surface area contributed by atoms with E-state index in [2.05, 4.69) is 24.3 Å². The summed E-state index contributed by atoms with van der Waals surface area (Å²) in [6, 6.07) is 0.300. The number of nitrogens with zero attached hydrogens (tertiary/aromatic N) is 2. The van der Waals surface area contributed by atoms with Crippen molar-refractivity contribution in [3.63, 3.8) is 0 Å². The van der Waals surface area contributed by atoms with Crippen molar-refractivity contribution in [2.75, 3.05) is 6.54 Å². The lowest BCUT2D eigenvalue weighted by molar-refractivity contribution is 0.0926. The molecule has 3 atom stereocenters. The molecule has 1 aromatic heterocycles. The van der Waals surface area contributed by atoms with E-state index in [1.54, 1.807) is 6.20 Å². The number of nitrogens with two attached hydrogens (primary N) is 1. The average Bonchev–Trinajstić information content (AvgIpc) is 3.01. The van der Waals surface area contributed by atoms with Crippen molar-refractivity contribution in [1.82, 2.24) is 15.1 Å². The Labute approximate surface area is 127 Å². The average molecular weight is 292 g/mol. The maximum atomic E-state index is 12.5. The Balaban J connectivity index is 1.99. The molecule has 1 fully saturated rings. The van der Waals surface area contributed by atoms with Crippen LogP contribution in [0.15, 0.2) is 6.20 Å². The molecule has 0 saturated heterocycles. The maximum absolute atomic E-state index is 12.5. The minimum Gasteiger partial charge on any atom is -0.349 e. The normalized spacial score (nSPS) is 25.2. The zero-order chi connectivity index (χ0) is 15.4. The van der Waals surface area contributed by atoms with Crippen molar-refractivity contribution < 1.29 is 4.79 Å². The van der Waals surface area contributed by atoms with Crippen molar-refractivity contribution in [3.05, 3.63) is 17.5 Å². The van der Waals surface area contributed by atoms with Gasteiger partial charge in [-0.25, -0.2) is 0 Å². The van der Waals surface area contributed by atoms with Crippen molar-refractivity contribution in [2.24, 2.45) is 17.6 Å². The SMILES string of the molecule is CCC1CCC(NC(=O)c2cnn(CCCN)c2C)C1C. The lowest BCUT2D eigenvalue weighted by Gasteiger charge is -2.20. The van der Waals surface area contributed by atoms with Crippen LogP contribution in [-0.4, -0.2) is 28.3 Å². The van der Waals surface area contributed by atoms with Crippen molar-refractivity contribution >= 4 is 5.91 Å². The van der Waals surface area contributed by atoms with E-state index >= 15 is 0 Å². The first-order chi connectivity index (χ1) is 10.1. The van der Waals surface area contributed by atoms with Crippen LogP contribution in [0.3, 0.4) is 0 Å². The Morgan fingerprint density at radius 2 is 2.29 bits per heavy atom. The van der Waals surface area contributed by atoms with Gasteiger partial charge >= 0.3 is 0 Å². The van der Waals surface area contributed by atoms with Crippen LogP contribution in [0.5, 0.6) is 0 Å². The van der Waals surface area contributed by atoms with Gasteiger partial charge in [-0.05, 0) is 44.6 Å². The van der Waals surface area contributed by atoms with Gasteiger partial charge in [0.2, 0.25) is 0 Å².